The summed E-state index contributed by atoms with van der Waals surface area (Å²) in [6.45, 7) is 0. The molecule has 7 heteroatoms. The Balaban J connectivity index is -0.0000000150. The summed E-state index contributed by atoms with van der Waals surface area (Å²) in [6.07, 6.45) is 0. The molecule has 0 spiro atoms. The van der Waals surface area contributed by atoms with E-state index in [1.54, 1.807) is 0 Å². The van der Waals surface area contributed by atoms with Gasteiger partial charge in [0.05, 0.1) is 5.09 Å². The van der Waals surface area contributed by atoms with Gasteiger partial charge in [-0.15, -0.1) is 0 Å². The zero-order valence-electron chi connectivity index (χ0n) is 3.33. The third-order valence-corrected chi connectivity index (χ3v) is 0. The molecule has 0 amide bonds. The van der Waals surface area contributed by atoms with E-state index in [9.17, 15) is 0 Å². The third kappa shape index (κ3) is 849. The molecule has 7 heavy (non-hydrogen) atoms. The Morgan fingerprint density at radius 2 is 1.29 bits per heavy atom. The summed E-state index contributed by atoms with van der Waals surface area (Å²) < 4.78 is 0. The molecule has 0 aromatic carbocycles. The second-order valence-electron chi connectivity index (χ2n) is 0.224. The van der Waals surface area contributed by atoms with Gasteiger partial charge in [0.25, 0.3) is 0 Å². The van der Waals surface area contributed by atoms with E-state index in [4.69, 9.17) is 15.3 Å². The smallest absolute Gasteiger partial charge is 0.870 e. The minimum atomic E-state index is -1.75. The van der Waals surface area contributed by atoms with Gasteiger partial charge >= 0.3 is 37.7 Å². The van der Waals surface area contributed by atoms with Crippen molar-refractivity contribution in [1.29, 1.82) is 0 Å². The van der Waals surface area contributed by atoms with Crippen molar-refractivity contribution in [2.75, 3.05) is 0 Å². The molecule has 0 saturated carbocycles. The first-order valence-electron chi connectivity index (χ1n) is 0.548. The Bertz CT molecular complexity index is 31.1. The van der Waals surface area contributed by atoms with Crippen LogP contribution < -0.4 is 0 Å². The minimum Gasteiger partial charge on any atom is -0.870 e. The normalized spacial score (nSPS) is 3.43. The molecule has 0 heterocycles. The molecule has 3 N–H and O–H groups in total. The first-order valence-corrected chi connectivity index (χ1v) is 0.548. The maximum atomic E-state index is 8.25. The fraction of sp³-hybridized carbons (Fsp3) is 0. The molecular weight excluding hydrogens is 134 g/mol. The van der Waals surface area contributed by atoms with Crippen molar-refractivity contribution in [3.8, 4) is 0 Å². The number of nitrogens with zero attached hydrogens (tertiary/aromatic N) is 1. The number of hydrogen-bond acceptors (Lipinski definition) is 4. The summed E-state index contributed by atoms with van der Waals surface area (Å²) >= 11 is 0. The molecule has 0 aliphatic carbocycles. The topological polar surface area (TPSA) is 128 Å². The van der Waals surface area contributed by atoms with Crippen LogP contribution >= 0.6 is 0 Å². The first kappa shape index (κ1) is 26.3. The number of hydrogen-bond donors (Lipinski definition) is 0. The van der Waals surface area contributed by atoms with Crippen molar-refractivity contribution < 1.29 is 16.0 Å². The van der Waals surface area contributed by atoms with E-state index in [1.165, 1.54) is 0 Å². The molecule has 0 fully saturated rings. The SMILES string of the molecule is O.O=[N+]([O-])[O-].[Ca+2].[OH-]. The van der Waals surface area contributed by atoms with Gasteiger partial charge in [-0.3, -0.25) is 0 Å². The second-order valence-corrected chi connectivity index (χ2v) is 0.224. The van der Waals surface area contributed by atoms with Gasteiger partial charge < -0.3 is 26.3 Å². The monoisotopic (exact) mass is 137 g/mol. The van der Waals surface area contributed by atoms with Crippen LogP contribution in [0.3, 0.4) is 0 Å². The van der Waals surface area contributed by atoms with Crippen LogP contribution in [0.4, 0.5) is 0 Å². The molecule has 0 rings (SSSR count). The first-order chi connectivity index (χ1) is 1.73. The maximum absolute atomic E-state index is 8.25. The van der Waals surface area contributed by atoms with Crippen LogP contribution in [-0.4, -0.2) is 53.8 Å². The molecule has 6 nitrogen and oxygen atoms in total. The van der Waals surface area contributed by atoms with E-state index in [2.05, 4.69) is 0 Å². The Morgan fingerprint density at radius 1 is 1.29 bits per heavy atom. The average Bonchev–Trinajstić information content (AvgIpc) is 0.811. The molecule has 0 aromatic heterocycles. The fourth-order valence-electron chi connectivity index (χ4n) is 0. The van der Waals surface area contributed by atoms with E-state index >= 15 is 0 Å². The molecule has 0 unspecified atom stereocenters. The molecule has 0 atom stereocenters. The van der Waals surface area contributed by atoms with Crippen molar-refractivity contribution >= 4 is 37.7 Å². The largest absolute Gasteiger partial charge is 2.00 e. The van der Waals surface area contributed by atoms with E-state index in [-0.39, 0.29) is 48.7 Å². The molecule has 0 aromatic rings. The van der Waals surface area contributed by atoms with Crippen LogP contribution in [0.15, 0.2) is 0 Å². The summed E-state index contributed by atoms with van der Waals surface area (Å²) in [7, 11) is 0. The zero-order valence-corrected chi connectivity index (χ0v) is 5.53. The van der Waals surface area contributed by atoms with Crippen molar-refractivity contribution in [2.45, 2.75) is 0 Å². The molecule has 0 bridgehead atoms. The quantitative estimate of drug-likeness (QED) is 0.225. The predicted octanol–water partition coefficient (Wildman–Crippen LogP) is -1.62. The Kier molecular flexibility index (Phi) is 60.7. The minimum absolute atomic E-state index is 0. The Labute approximate surface area is 68.9 Å². The summed E-state index contributed by atoms with van der Waals surface area (Å²) in [5.74, 6) is 0. The van der Waals surface area contributed by atoms with Crippen molar-refractivity contribution in [3.63, 3.8) is 0 Å². The van der Waals surface area contributed by atoms with E-state index < -0.39 is 5.09 Å². The van der Waals surface area contributed by atoms with Gasteiger partial charge in [0.1, 0.15) is 0 Å². The standard InChI is InChI=1S/Ca.NO3.2H2O/c;2-1(3)4;;/h;;2*1H2/q+2;-1;;/p-1. The van der Waals surface area contributed by atoms with Gasteiger partial charge in [0.2, 0.25) is 0 Å². The average molecular weight is 137 g/mol. The summed E-state index contributed by atoms with van der Waals surface area (Å²) in [4.78, 5) is 8.25. The van der Waals surface area contributed by atoms with E-state index in [1.807, 2.05) is 0 Å². The van der Waals surface area contributed by atoms with Crippen LogP contribution in [0.2, 0.25) is 0 Å². The molecule has 0 radical (unpaired) electrons. The Morgan fingerprint density at radius 3 is 1.29 bits per heavy atom. The van der Waals surface area contributed by atoms with Gasteiger partial charge in [0, 0.05) is 0 Å². The van der Waals surface area contributed by atoms with Crippen LogP contribution in [0.5, 0.6) is 0 Å². The van der Waals surface area contributed by atoms with Crippen LogP contribution in [0.25, 0.3) is 0 Å². The van der Waals surface area contributed by atoms with Gasteiger partial charge in [-0.25, -0.2) is 0 Å². The molecule has 0 aliphatic heterocycles. The van der Waals surface area contributed by atoms with Crippen LogP contribution in [-0.2, 0) is 0 Å². The molecule has 40 valence electrons. The zero-order chi connectivity index (χ0) is 3.58. The predicted molar refractivity (Wildman–Crippen MR) is 21.7 cm³/mol. The molecule has 0 aliphatic rings. The van der Waals surface area contributed by atoms with E-state index in [0.717, 1.165) is 0 Å². The maximum Gasteiger partial charge on any atom is 2.00 e. The van der Waals surface area contributed by atoms with Gasteiger partial charge in [0.15, 0.2) is 0 Å². The van der Waals surface area contributed by atoms with Gasteiger partial charge in [-0.05, 0) is 0 Å². The molecular formula is H3CaNO5. The van der Waals surface area contributed by atoms with Crippen molar-refractivity contribution in [1.82, 2.24) is 0 Å². The third-order valence-electron chi connectivity index (χ3n) is 0. The van der Waals surface area contributed by atoms with Gasteiger partial charge in [-0.2, -0.15) is 0 Å². The summed E-state index contributed by atoms with van der Waals surface area (Å²) in [5.41, 5.74) is 0. The van der Waals surface area contributed by atoms with Gasteiger partial charge in [-0.1, -0.05) is 0 Å². The summed E-state index contributed by atoms with van der Waals surface area (Å²) in [6, 6.07) is 0. The second kappa shape index (κ2) is 16.2. The summed E-state index contributed by atoms with van der Waals surface area (Å²) in [5, 5.41) is 14.8. The van der Waals surface area contributed by atoms with Crippen LogP contribution in [0.1, 0.15) is 0 Å². The fourth-order valence-corrected chi connectivity index (χ4v) is 0. The Hall–Kier alpha value is 0.380. The van der Waals surface area contributed by atoms with Crippen molar-refractivity contribution in [3.05, 3.63) is 15.3 Å². The van der Waals surface area contributed by atoms with Crippen molar-refractivity contribution in [2.24, 2.45) is 0 Å². The van der Waals surface area contributed by atoms with E-state index in [0.29, 0.717) is 0 Å². The molecule has 0 saturated heterocycles. The van der Waals surface area contributed by atoms with Crippen LogP contribution in [0, 0.1) is 15.3 Å². The number of rotatable bonds is 0.